The second-order valence-electron chi connectivity index (χ2n) is 5.79. The number of pyridine rings is 1. The molecule has 1 aliphatic rings. The second-order valence-corrected chi connectivity index (χ2v) is 5.79. The fourth-order valence-electron chi connectivity index (χ4n) is 2.88. The summed E-state index contributed by atoms with van der Waals surface area (Å²) in [7, 11) is 0. The number of nitrogens with one attached hydrogen (secondary N) is 1. The SMILES string of the molecule is CCNC(C)c1ccc(N2CCC(C(C)O)CC2)nc1. The lowest BCUT2D eigenvalue weighted by atomic mass is 9.92. The van der Waals surface area contributed by atoms with Crippen LogP contribution in [-0.4, -0.2) is 35.8 Å². The molecule has 0 aliphatic carbocycles. The molecule has 0 bridgehead atoms. The first-order valence-corrected chi connectivity index (χ1v) is 7.74. The minimum absolute atomic E-state index is 0.187. The van der Waals surface area contributed by atoms with Crippen LogP contribution in [0.2, 0.25) is 0 Å². The third-order valence-electron chi connectivity index (χ3n) is 4.33. The van der Waals surface area contributed by atoms with E-state index in [1.807, 2.05) is 13.1 Å². The molecule has 4 nitrogen and oxygen atoms in total. The number of hydrogen-bond acceptors (Lipinski definition) is 4. The van der Waals surface area contributed by atoms with E-state index in [0.717, 1.165) is 38.3 Å². The maximum Gasteiger partial charge on any atom is 0.128 e. The lowest BCUT2D eigenvalue weighted by Crippen LogP contribution is -2.37. The van der Waals surface area contributed by atoms with E-state index in [4.69, 9.17) is 0 Å². The summed E-state index contributed by atoms with van der Waals surface area (Å²) in [5.74, 6) is 1.50. The Morgan fingerprint density at radius 3 is 2.55 bits per heavy atom. The van der Waals surface area contributed by atoms with Gasteiger partial charge in [-0.2, -0.15) is 0 Å². The first-order chi connectivity index (χ1) is 9.61. The molecule has 0 saturated carbocycles. The Morgan fingerprint density at radius 1 is 1.35 bits per heavy atom. The molecule has 1 saturated heterocycles. The van der Waals surface area contributed by atoms with Crippen LogP contribution in [0, 0.1) is 5.92 Å². The average molecular weight is 277 g/mol. The number of piperidine rings is 1. The zero-order valence-corrected chi connectivity index (χ0v) is 12.8. The van der Waals surface area contributed by atoms with Crippen LogP contribution in [0.25, 0.3) is 0 Å². The van der Waals surface area contributed by atoms with Gasteiger partial charge in [-0.15, -0.1) is 0 Å². The molecule has 20 heavy (non-hydrogen) atoms. The molecule has 0 aromatic carbocycles. The van der Waals surface area contributed by atoms with E-state index >= 15 is 0 Å². The number of anilines is 1. The normalized spacial score (nSPS) is 19.9. The van der Waals surface area contributed by atoms with Gasteiger partial charge in [0.1, 0.15) is 5.82 Å². The average Bonchev–Trinajstić information content (AvgIpc) is 2.48. The molecule has 4 heteroatoms. The van der Waals surface area contributed by atoms with E-state index in [9.17, 15) is 5.11 Å². The zero-order valence-electron chi connectivity index (χ0n) is 12.8. The summed E-state index contributed by atoms with van der Waals surface area (Å²) in [6, 6.07) is 4.63. The van der Waals surface area contributed by atoms with Gasteiger partial charge in [0, 0.05) is 25.3 Å². The van der Waals surface area contributed by atoms with Gasteiger partial charge in [-0.3, -0.25) is 0 Å². The molecule has 2 heterocycles. The molecule has 2 N–H and O–H groups in total. The van der Waals surface area contributed by atoms with Crippen molar-refractivity contribution >= 4 is 5.82 Å². The van der Waals surface area contributed by atoms with Crippen molar-refractivity contribution in [2.45, 2.75) is 45.8 Å². The molecule has 112 valence electrons. The monoisotopic (exact) mass is 277 g/mol. The molecule has 0 amide bonds. The quantitative estimate of drug-likeness (QED) is 0.867. The van der Waals surface area contributed by atoms with E-state index < -0.39 is 0 Å². The Balaban J connectivity index is 1.94. The maximum atomic E-state index is 9.64. The summed E-state index contributed by atoms with van der Waals surface area (Å²) in [6.45, 7) is 9.12. The van der Waals surface area contributed by atoms with Crippen molar-refractivity contribution in [1.82, 2.24) is 10.3 Å². The molecule has 2 atom stereocenters. The standard InChI is InChI=1S/C16H27N3O/c1-4-17-12(2)15-5-6-16(18-11-15)19-9-7-14(8-10-19)13(3)20/h5-6,11-14,17,20H,4,7-10H2,1-3H3. The van der Waals surface area contributed by atoms with Gasteiger partial charge in [0.2, 0.25) is 0 Å². The predicted molar refractivity (Wildman–Crippen MR) is 82.9 cm³/mol. The van der Waals surface area contributed by atoms with Gasteiger partial charge < -0.3 is 15.3 Å². The molecular formula is C16H27N3O. The smallest absolute Gasteiger partial charge is 0.128 e. The number of aliphatic hydroxyl groups is 1. The topological polar surface area (TPSA) is 48.4 Å². The fourth-order valence-corrected chi connectivity index (χ4v) is 2.88. The van der Waals surface area contributed by atoms with Crippen LogP contribution in [0.5, 0.6) is 0 Å². The lowest BCUT2D eigenvalue weighted by Gasteiger charge is -2.34. The van der Waals surface area contributed by atoms with Crippen molar-refractivity contribution in [3.8, 4) is 0 Å². The predicted octanol–water partition coefficient (Wildman–Crippen LogP) is 2.35. The van der Waals surface area contributed by atoms with Gasteiger partial charge in [0.15, 0.2) is 0 Å². The summed E-state index contributed by atoms with van der Waals surface area (Å²) in [5.41, 5.74) is 1.23. The minimum atomic E-state index is -0.187. The highest BCUT2D eigenvalue weighted by atomic mass is 16.3. The largest absolute Gasteiger partial charge is 0.393 e. The highest BCUT2D eigenvalue weighted by Gasteiger charge is 2.23. The van der Waals surface area contributed by atoms with Crippen molar-refractivity contribution in [3.05, 3.63) is 23.9 Å². The van der Waals surface area contributed by atoms with Crippen molar-refractivity contribution in [2.24, 2.45) is 5.92 Å². The Bertz CT molecular complexity index is 397. The van der Waals surface area contributed by atoms with Crippen molar-refractivity contribution in [2.75, 3.05) is 24.5 Å². The first kappa shape index (κ1) is 15.3. The highest BCUT2D eigenvalue weighted by Crippen LogP contribution is 2.24. The summed E-state index contributed by atoms with van der Waals surface area (Å²) < 4.78 is 0. The molecule has 0 radical (unpaired) electrons. The van der Waals surface area contributed by atoms with Gasteiger partial charge in [0.05, 0.1) is 6.10 Å². The van der Waals surface area contributed by atoms with Crippen molar-refractivity contribution in [3.63, 3.8) is 0 Å². The number of aromatic nitrogens is 1. The summed E-state index contributed by atoms with van der Waals surface area (Å²) in [6.07, 6.45) is 3.89. The number of aliphatic hydroxyl groups excluding tert-OH is 1. The van der Waals surface area contributed by atoms with Crippen LogP contribution in [0.4, 0.5) is 5.82 Å². The number of hydrogen-bond donors (Lipinski definition) is 2. The molecule has 2 unspecified atom stereocenters. The van der Waals surface area contributed by atoms with Crippen LogP contribution in [-0.2, 0) is 0 Å². The summed E-state index contributed by atoms with van der Waals surface area (Å²) >= 11 is 0. The third-order valence-corrected chi connectivity index (χ3v) is 4.33. The Kier molecular flexibility index (Phi) is 5.38. The Hall–Kier alpha value is -1.13. The van der Waals surface area contributed by atoms with E-state index in [1.54, 1.807) is 0 Å². The van der Waals surface area contributed by atoms with Gasteiger partial charge in [-0.1, -0.05) is 13.0 Å². The number of nitrogens with zero attached hydrogens (tertiary/aromatic N) is 2. The summed E-state index contributed by atoms with van der Waals surface area (Å²) in [5, 5.41) is 13.0. The second kappa shape index (κ2) is 7.04. The van der Waals surface area contributed by atoms with E-state index in [-0.39, 0.29) is 6.10 Å². The molecular weight excluding hydrogens is 250 g/mol. The summed E-state index contributed by atoms with van der Waals surface area (Å²) in [4.78, 5) is 6.92. The van der Waals surface area contributed by atoms with Crippen LogP contribution in [0.1, 0.15) is 45.2 Å². The van der Waals surface area contributed by atoms with Crippen molar-refractivity contribution in [1.29, 1.82) is 0 Å². The van der Waals surface area contributed by atoms with Gasteiger partial charge in [-0.05, 0) is 50.8 Å². The van der Waals surface area contributed by atoms with Gasteiger partial charge in [0.25, 0.3) is 0 Å². The van der Waals surface area contributed by atoms with Gasteiger partial charge >= 0.3 is 0 Å². The highest BCUT2D eigenvalue weighted by molar-refractivity contribution is 5.40. The third kappa shape index (κ3) is 3.70. The minimum Gasteiger partial charge on any atom is -0.393 e. The first-order valence-electron chi connectivity index (χ1n) is 7.74. The lowest BCUT2D eigenvalue weighted by molar-refractivity contribution is 0.110. The molecule has 2 rings (SSSR count). The zero-order chi connectivity index (χ0) is 14.5. The van der Waals surface area contributed by atoms with Crippen LogP contribution < -0.4 is 10.2 Å². The molecule has 1 fully saturated rings. The molecule has 0 spiro atoms. The Labute approximate surface area is 122 Å². The molecule has 1 aromatic rings. The fraction of sp³-hybridized carbons (Fsp3) is 0.688. The van der Waals surface area contributed by atoms with E-state index in [2.05, 4.69) is 41.2 Å². The molecule has 1 aromatic heterocycles. The maximum absolute atomic E-state index is 9.64. The van der Waals surface area contributed by atoms with Crippen LogP contribution >= 0.6 is 0 Å². The molecule has 1 aliphatic heterocycles. The van der Waals surface area contributed by atoms with Crippen molar-refractivity contribution < 1.29 is 5.11 Å². The van der Waals surface area contributed by atoms with Crippen LogP contribution in [0.15, 0.2) is 18.3 Å². The van der Waals surface area contributed by atoms with Crippen LogP contribution in [0.3, 0.4) is 0 Å². The van der Waals surface area contributed by atoms with E-state index in [0.29, 0.717) is 12.0 Å². The van der Waals surface area contributed by atoms with Gasteiger partial charge in [-0.25, -0.2) is 4.98 Å². The van der Waals surface area contributed by atoms with E-state index in [1.165, 1.54) is 5.56 Å². The Morgan fingerprint density at radius 2 is 2.05 bits per heavy atom. The number of rotatable bonds is 5.